The van der Waals surface area contributed by atoms with E-state index >= 15 is 0 Å². The second-order valence-electron chi connectivity index (χ2n) is 7.32. The first-order valence-corrected chi connectivity index (χ1v) is 11.9. The van der Waals surface area contributed by atoms with E-state index in [-0.39, 0.29) is 11.7 Å². The van der Waals surface area contributed by atoms with Gasteiger partial charge in [-0.25, -0.2) is 0 Å². The quantitative estimate of drug-likeness (QED) is 0.451. The maximum absolute atomic E-state index is 12.6. The minimum absolute atomic E-state index is 0.125. The van der Waals surface area contributed by atoms with E-state index in [1.165, 1.54) is 23.1 Å². The Bertz CT molecular complexity index is 1080. The van der Waals surface area contributed by atoms with Crippen LogP contribution in [0.25, 0.3) is 0 Å². The van der Waals surface area contributed by atoms with Crippen LogP contribution in [0.2, 0.25) is 0 Å². The van der Waals surface area contributed by atoms with E-state index in [1.807, 2.05) is 29.7 Å². The average molecular weight is 438 g/mol. The Morgan fingerprint density at radius 1 is 1.23 bits per heavy atom. The van der Waals surface area contributed by atoms with Gasteiger partial charge >= 0.3 is 0 Å². The molecule has 1 amide bonds. The van der Waals surface area contributed by atoms with Gasteiger partial charge in [-0.3, -0.25) is 4.79 Å². The van der Waals surface area contributed by atoms with Gasteiger partial charge in [-0.15, -0.1) is 21.5 Å². The number of hydrogen-bond donors (Lipinski definition) is 1. The summed E-state index contributed by atoms with van der Waals surface area (Å²) >= 11 is 2.93. The van der Waals surface area contributed by atoms with Crippen molar-refractivity contribution in [2.75, 3.05) is 11.1 Å². The SMILES string of the molecule is Cc1nnc(SCC(=O)Nc2sc3c(c2C#N)CCCCC3)n1Cc1ccccc1. The zero-order valence-corrected chi connectivity index (χ0v) is 18.5. The molecule has 0 fully saturated rings. The number of benzene rings is 1. The summed E-state index contributed by atoms with van der Waals surface area (Å²) in [5, 5.41) is 22.4. The van der Waals surface area contributed by atoms with Crippen LogP contribution in [0.1, 0.15) is 46.7 Å². The van der Waals surface area contributed by atoms with Crippen LogP contribution in [0.3, 0.4) is 0 Å². The Labute approximate surface area is 184 Å². The fourth-order valence-corrected chi connectivity index (χ4v) is 5.70. The maximum Gasteiger partial charge on any atom is 0.235 e. The first-order chi connectivity index (χ1) is 14.7. The zero-order chi connectivity index (χ0) is 20.9. The number of aromatic nitrogens is 3. The summed E-state index contributed by atoms with van der Waals surface area (Å²) in [7, 11) is 0. The van der Waals surface area contributed by atoms with E-state index in [4.69, 9.17) is 0 Å². The Hall–Kier alpha value is -2.63. The number of thiophene rings is 1. The number of nitrogens with zero attached hydrogens (tertiary/aromatic N) is 4. The van der Waals surface area contributed by atoms with Gasteiger partial charge in [-0.1, -0.05) is 48.5 Å². The average Bonchev–Trinajstić information content (AvgIpc) is 3.16. The molecule has 3 aromatic rings. The highest BCUT2D eigenvalue weighted by molar-refractivity contribution is 7.99. The summed E-state index contributed by atoms with van der Waals surface area (Å²) in [6.07, 6.45) is 5.40. The maximum atomic E-state index is 12.6. The molecule has 6 nitrogen and oxygen atoms in total. The molecule has 0 radical (unpaired) electrons. The van der Waals surface area contributed by atoms with Gasteiger partial charge in [0.1, 0.15) is 16.9 Å². The molecular formula is C22H23N5OS2. The molecule has 0 saturated carbocycles. The van der Waals surface area contributed by atoms with E-state index in [1.54, 1.807) is 11.3 Å². The van der Waals surface area contributed by atoms with Crippen LogP contribution in [0.4, 0.5) is 5.00 Å². The van der Waals surface area contributed by atoms with Gasteiger partial charge < -0.3 is 9.88 Å². The lowest BCUT2D eigenvalue weighted by Crippen LogP contribution is -2.15. The van der Waals surface area contributed by atoms with Gasteiger partial charge in [0.15, 0.2) is 5.16 Å². The van der Waals surface area contributed by atoms with Gasteiger partial charge in [0.2, 0.25) is 5.91 Å². The number of fused-ring (bicyclic) bond motifs is 1. The lowest BCUT2D eigenvalue weighted by atomic mass is 10.1. The molecule has 2 aromatic heterocycles. The lowest BCUT2D eigenvalue weighted by Gasteiger charge is -2.08. The van der Waals surface area contributed by atoms with Crippen LogP contribution in [0, 0.1) is 18.3 Å². The third-order valence-electron chi connectivity index (χ3n) is 5.20. The topological polar surface area (TPSA) is 83.6 Å². The van der Waals surface area contributed by atoms with Crippen molar-refractivity contribution in [1.29, 1.82) is 5.26 Å². The van der Waals surface area contributed by atoms with Crippen molar-refractivity contribution in [1.82, 2.24) is 14.8 Å². The van der Waals surface area contributed by atoms with Gasteiger partial charge in [-0.2, -0.15) is 5.26 Å². The Morgan fingerprint density at radius 3 is 2.83 bits per heavy atom. The van der Waals surface area contributed by atoms with Crippen LogP contribution < -0.4 is 5.32 Å². The van der Waals surface area contributed by atoms with Gasteiger partial charge in [0.25, 0.3) is 0 Å². The molecule has 0 bridgehead atoms. The molecule has 1 N–H and O–H groups in total. The third kappa shape index (κ3) is 4.58. The molecule has 0 aliphatic heterocycles. The summed E-state index contributed by atoms with van der Waals surface area (Å²) in [6, 6.07) is 12.4. The highest BCUT2D eigenvalue weighted by Gasteiger charge is 2.21. The standard InChI is InChI=1S/C22H23N5OS2/c1-15-25-26-22(27(15)13-16-8-4-2-5-9-16)29-14-20(28)24-21-18(12-23)17-10-6-3-7-11-19(17)30-21/h2,4-5,8-9H,3,6-7,10-11,13-14H2,1H3,(H,24,28). The van der Waals surface area contributed by atoms with Crippen LogP contribution in [0.15, 0.2) is 35.5 Å². The fourth-order valence-electron chi connectivity index (χ4n) is 3.66. The number of hydrogen-bond acceptors (Lipinski definition) is 6. The molecule has 8 heteroatoms. The van der Waals surface area contributed by atoms with Crippen molar-refractivity contribution < 1.29 is 4.79 Å². The zero-order valence-electron chi connectivity index (χ0n) is 16.9. The molecule has 1 aliphatic rings. The number of thioether (sulfide) groups is 1. The Morgan fingerprint density at radius 2 is 2.03 bits per heavy atom. The van der Waals surface area contributed by atoms with Crippen molar-refractivity contribution >= 4 is 34.0 Å². The van der Waals surface area contributed by atoms with E-state index in [2.05, 4.69) is 33.7 Å². The predicted molar refractivity (Wildman–Crippen MR) is 120 cm³/mol. The Balaban J connectivity index is 1.42. The number of nitrogens with one attached hydrogen (secondary N) is 1. The molecule has 2 heterocycles. The highest BCUT2D eigenvalue weighted by Crippen LogP contribution is 2.37. The normalized spacial score (nSPS) is 13.3. The van der Waals surface area contributed by atoms with Crippen LogP contribution >= 0.6 is 23.1 Å². The third-order valence-corrected chi connectivity index (χ3v) is 7.38. The molecule has 30 heavy (non-hydrogen) atoms. The Kier molecular flexibility index (Phi) is 6.50. The van der Waals surface area contributed by atoms with Crippen LogP contribution in [-0.2, 0) is 24.2 Å². The van der Waals surface area contributed by atoms with Crippen molar-refractivity contribution in [3.05, 3.63) is 57.7 Å². The molecule has 0 spiro atoms. The van der Waals surface area contributed by atoms with Gasteiger partial charge in [-0.05, 0) is 43.7 Å². The number of nitriles is 1. The predicted octanol–water partition coefficient (Wildman–Crippen LogP) is 4.57. The van der Waals surface area contributed by atoms with Crippen LogP contribution in [-0.4, -0.2) is 26.4 Å². The van der Waals surface area contributed by atoms with Gasteiger partial charge in [0, 0.05) is 4.88 Å². The largest absolute Gasteiger partial charge is 0.316 e. The van der Waals surface area contributed by atoms with Crippen LogP contribution in [0.5, 0.6) is 0 Å². The van der Waals surface area contributed by atoms with E-state index in [0.717, 1.165) is 42.6 Å². The van der Waals surface area contributed by atoms with E-state index in [0.29, 0.717) is 22.3 Å². The number of aryl methyl sites for hydroxylation is 2. The second kappa shape index (κ2) is 9.45. The molecule has 1 aliphatic carbocycles. The molecule has 0 atom stereocenters. The lowest BCUT2D eigenvalue weighted by molar-refractivity contribution is -0.113. The number of rotatable bonds is 6. The summed E-state index contributed by atoms with van der Waals surface area (Å²) in [6.45, 7) is 2.58. The molecule has 1 aromatic carbocycles. The van der Waals surface area contributed by atoms with Crippen molar-refractivity contribution in [2.24, 2.45) is 0 Å². The number of carbonyl (C=O) groups excluding carboxylic acids is 1. The van der Waals surface area contributed by atoms with E-state index < -0.39 is 0 Å². The monoisotopic (exact) mass is 437 g/mol. The van der Waals surface area contributed by atoms with Crippen molar-refractivity contribution in [2.45, 2.75) is 50.7 Å². The summed E-state index contributed by atoms with van der Waals surface area (Å²) < 4.78 is 2.02. The first kappa shape index (κ1) is 20.6. The minimum atomic E-state index is -0.125. The van der Waals surface area contributed by atoms with Gasteiger partial charge in [0.05, 0.1) is 17.9 Å². The highest BCUT2D eigenvalue weighted by atomic mass is 32.2. The molecule has 0 saturated heterocycles. The minimum Gasteiger partial charge on any atom is -0.316 e. The number of anilines is 1. The summed E-state index contributed by atoms with van der Waals surface area (Å²) in [5.74, 6) is 0.913. The molecule has 0 unspecified atom stereocenters. The number of carbonyl (C=O) groups is 1. The first-order valence-electron chi connectivity index (χ1n) is 10.1. The molecule has 154 valence electrons. The second-order valence-corrected chi connectivity index (χ2v) is 9.37. The van der Waals surface area contributed by atoms with Crippen molar-refractivity contribution in [3.63, 3.8) is 0 Å². The summed E-state index contributed by atoms with van der Waals surface area (Å²) in [5.41, 5.74) is 2.95. The van der Waals surface area contributed by atoms with Crippen molar-refractivity contribution in [3.8, 4) is 6.07 Å². The number of amides is 1. The summed E-state index contributed by atoms with van der Waals surface area (Å²) in [4.78, 5) is 13.9. The molecular weight excluding hydrogens is 414 g/mol. The molecule has 4 rings (SSSR count). The fraction of sp³-hybridized carbons (Fsp3) is 0.364. The smallest absolute Gasteiger partial charge is 0.235 e. The van der Waals surface area contributed by atoms with E-state index in [9.17, 15) is 10.1 Å².